The molecule has 9 heteroatoms. The quantitative estimate of drug-likeness (QED) is 0.489. The fourth-order valence-electron chi connectivity index (χ4n) is 3.08. The Labute approximate surface area is 177 Å². The van der Waals surface area contributed by atoms with Gasteiger partial charge in [-0.05, 0) is 35.7 Å². The summed E-state index contributed by atoms with van der Waals surface area (Å²) in [7, 11) is 1.60. The van der Waals surface area contributed by atoms with E-state index in [1.54, 1.807) is 42.4 Å². The SMILES string of the molecule is COCCn1ccc2cc(-c3cnc(N)nc3)nc(Nc3cccc(Cl)c3)c2c1=O. The highest BCUT2D eigenvalue weighted by molar-refractivity contribution is 6.30. The lowest BCUT2D eigenvalue weighted by Crippen LogP contribution is -2.22. The second-order valence-electron chi connectivity index (χ2n) is 6.59. The van der Waals surface area contributed by atoms with Gasteiger partial charge in [-0.15, -0.1) is 0 Å². The molecule has 0 atom stereocenters. The zero-order valence-electron chi connectivity index (χ0n) is 16.2. The molecule has 0 aliphatic rings. The number of halogens is 1. The molecule has 0 saturated heterocycles. The molecule has 8 nitrogen and oxygen atoms in total. The summed E-state index contributed by atoms with van der Waals surface area (Å²) in [5, 5.41) is 5.00. The van der Waals surface area contributed by atoms with E-state index in [1.165, 1.54) is 0 Å². The zero-order chi connectivity index (χ0) is 21.1. The number of nitrogen functional groups attached to an aromatic ring is 1. The van der Waals surface area contributed by atoms with Gasteiger partial charge in [-0.2, -0.15) is 0 Å². The molecule has 152 valence electrons. The molecule has 0 bridgehead atoms. The molecule has 3 heterocycles. The van der Waals surface area contributed by atoms with Crippen LogP contribution in [0.5, 0.6) is 0 Å². The fourth-order valence-corrected chi connectivity index (χ4v) is 3.27. The van der Waals surface area contributed by atoms with Crippen molar-refractivity contribution in [3.8, 4) is 11.3 Å². The monoisotopic (exact) mass is 422 g/mol. The van der Waals surface area contributed by atoms with Gasteiger partial charge in [0.1, 0.15) is 5.82 Å². The van der Waals surface area contributed by atoms with Gasteiger partial charge in [-0.1, -0.05) is 17.7 Å². The largest absolute Gasteiger partial charge is 0.383 e. The van der Waals surface area contributed by atoms with E-state index in [-0.39, 0.29) is 11.5 Å². The molecule has 0 aliphatic carbocycles. The number of aromatic nitrogens is 4. The van der Waals surface area contributed by atoms with Crippen LogP contribution >= 0.6 is 11.6 Å². The van der Waals surface area contributed by atoms with Crippen LogP contribution in [0.15, 0.2) is 59.8 Å². The number of nitrogens with two attached hydrogens (primary N) is 1. The number of methoxy groups -OCH3 is 1. The summed E-state index contributed by atoms with van der Waals surface area (Å²) in [6.45, 7) is 0.867. The van der Waals surface area contributed by atoms with Crippen LogP contribution < -0.4 is 16.6 Å². The number of hydrogen-bond donors (Lipinski definition) is 2. The van der Waals surface area contributed by atoms with E-state index < -0.39 is 0 Å². The number of fused-ring (bicyclic) bond motifs is 1. The van der Waals surface area contributed by atoms with E-state index in [9.17, 15) is 4.79 Å². The molecule has 3 N–H and O–H groups in total. The lowest BCUT2D eigenvalue weighted by molar-refractivity contribution is 0.186. The average Bonchev–Trinajstić information content (AvgIpc) is 2.73. The van der Waals surface area contributed by atoms with Crippen LogP contribution in [0.3, 0.4) is 0 Å². The predicted molar refractivity (Wildman–Crippen MR) is 118 cm³/mol. The summed E-state index contributed by atoms with van der Waals surface area (Å²) in [5.41, 5.74) is 7.44. The van der Waals surface area contributed by atoms with Crippen molar-refractivity contribution in [2.75, 3.05) is 24.8 Å². The Morgan fingerprint density at radius 3 is 2.73 bits per heavy atom. The lowest BCUT2D eigenvalue weighted by Gasteiger charge is -2.13. The van der Waals surface area contributed by atoms with Crippen LogP contribution in [-0.2, 0) is 11.3 Å². The molecule has 4 rings (SSSR count). The van der Waals surface area contributed by atoms with E-state index in [2.05, 4.69) is 20.3 Å². The number of rotatable bonds is 6. The number of hydrogen-bond acceptors (Lipinski definition) is 7. The summed E-state index contributed by atoms with van der Waals surface area (Å²) in [6.07, 6.45) is 4.94. The number of benzene rings is 1. The Bertz CT molecular complexity index is 1260. The Morgan fingerprint density at radius 1 is 1.20 bits per heavy atom. The smallest absolute Gasteiger partial charge is 0.262 e. The van der Waals surface area contributed by atoms with Gasteiger partial charge >= 0.3 is 0 Å². The Kier molecular flexibility index (Phi) is 5.60. The molecule has 0 aliphatic heterocycles. The summed E-state index contributed by atoms with van der Waals surface area (Å²) in [4.78, 5) is 25.9. The van der Waals surface area contributed by atoms with Gasteiger partial charge in [-0.3, -0.25) is 4.79 Å². The van der Waals surface area contributed by atoms with Gasteiger partial charge in [0.2, 0.25) is 5.95 Å². The standard InChI is InChI=1S/C21H19ClN6O2/c1-30-8-7-28-6-5-13-9-17(14-11-24-21(23)25-12-14)27-19(18(13)20(28)29)26-16-4-2-3-15(22)10-16/h2-6,9-12H,7-8H2,1H3,(H,26,27)(H2,23,24,25). The highest BCUT2D eigenvalue weighted by atomic mass is 35.5. The molecule has 0 spiro atoms. The first-order chi connectivity index (χ1) is 14.5. The highest BCUT2D eigenvalue weighted by Gasteiger charge is 2.14. The average molecular weight is 423 g/mol. The van der Waals surface area contributed by atoms with Crippen molar-refractivity contribution < 1.29 is 4.74 Å². The minimum absolute atomic E-state index is 0.165. The number of ether oxygens (including phenoxy) is 1. The summed E-state index contributed by atoms with van der Waals surface area (Å²) in [6, 6.07) is 10.9. The summed E-state index contributed by atoms with van der Waals surface area (Å²) >= 11 is 6.12. The first kappa shape index (κ1) is 19.8. The van der Waals surface area contributed by atoms with Crippen LogP contribution in [0.1, 0.15) is 0 Å². The molecular formula is C21H19ClN6O2. The van der Waals surface area contributed by atoms with Crippen LogP contribution in [0.2, 0.25) is 5.02 Å². The zero-order valence-corrected chi connectivity index (χ0v) is 16.9. The first-order valence-corrected chi connectivity index (χ1v) is 9.56. The van der Waals surface area contributed by atoms with Crippen LogP contribution in [0, 0.1) is 0 Å². The maximum Gasteiger partial charge on any atom is 0.262 e. The topological polar surface area (TPSA) is 108 Å². The number of nitrogens with one attached hydrogen (secondary N) is 1. The van der Waals surface area contributed by atoms with Crippen molar-refractivity contribution in [1.82, 2.24) is 19.5 Å². The molecule has 0 saturated carbocycles. The molecule has 4 aromatic rings. The Balaban J connectivity index is 1.90. The first-order valence-electron chi connectivity index (χ1n) is 9.19. The molecule has 0 fully saturated rings. The molecule has 1 aromatic carbocycles. The molecule has 3 aromatic heterocycles. The van der Waals surface area contributed by atoms with Crippen molar-refractivity contribution in [3.63, 3.8) is 0 Å². The summed E-state index contributed by atoms with van der Waals surface area (Å²) < 4.78 is 6.71. The van der Waals surface area contributed by atoms with Crippen molar-refractivity contribution in [3.05, 3.63) is 70.4 Å². The van der Waals surface area contributed by atoms with Gasteiger partial charge < -0.3 is 20.4 Å². The lowest BCUT2D eigenvalue weighted by atomic mass is 10.1. The highest BCUT2D eigenvalue weighted by Crippen LogP contribution is 2.28. The van der Waals surface area contributed by atoms with E-state index in [4.69, 9.17) is 22.1 Å². The minimum Gasteiger partial charge on any atom is -0.383 e. The van der Waals surface area contributed by atoms with Crippen LogP contribution in [-0.4, -0.2) is 33.2 Å². The molecule has 0 unspecified atom stereocenters. The van der Waals surface area contributed by atoms with Gasteiger partial charge in [0.05, 0.1) is 17.7 Å². The number of anilines is 3. The van der Waals surface area contributed by atoms with Gasteiger partial charge in [-0.25, -0.2) is 15.0 Å². The van der Waals surface area contributed by atoms with Crippen molar-refractivity contribution >= 4 is 39.8 Å². The van der Waals surface area contributed by atoms with Gasteiger partial charge in [0.15, 0.2) is 0 Å². The number of nitrogens with zero attached hydrogens (tertiary/aromatic N) is 4. The van der Waals surface area contributed by atoms with Crippen molar-refractivity contribution in [1.29, 1.82) is 0 Å². The minimum atomic E-state index is -0.165. The fraction of sp³-hybridized carbons (Fsp3) is 0.143. The Morgan fingerprint density at radius 2 is 2.00 bits per heavy atom. The normalized spacial score (nSPS) is 11.0. The Hall–Kier alpha value is -3.49. The van der Waals surface area contributed by atoms with Crippen molar-refractivity contribution in [2.45, 2.75) is 6.54 Å². The predicted octanol–water partition coefficient (Wildman–Crippen LogP) is 3.48. The van der Waals surface area contributed by atoms with E-state index in [0.29, 0.717) is 46.3 Å². The number of pyridine rings is 2. The third-order valence-electron chi connectivity index (χ3n) is 4.55. The van der Waals surface area contributed by atoms with Crippen LogP contribution in [0.25, 0.3) is 22.0 Å². The van der Waals surface area contributed by atoms with E-state index >= 15 is 0 Å². The molecule has 30 heavy (non-hydrogen) atoms. The van der Waals surface area contributed by atoms with Crippen LogP contribution in [0.4, 0.5) is 17.5 Å². The van der Waals surface area contributed by atoms with Gasteiger partial charge in [0.25, 0.3) is 5.56 Å². The second kappa shape index (κ2) is 8.48. The van der Waals surface area contributed by atoms with Crippen molar-refractivity contribution in [2.24, 2.45) is 0 Å². The van der Waals surface area contributed by atoms with E-state index in [1.807, 2.05) is 24.3 Å². The van der Waals surface area contributed by atoms with Gasteiger partial charge in [0, 0.05) is 48.5 Å². The maximum atomic E-state index is 13.2. The second-order valence-corrected chi connectivity index (χ2v) is 7.03. The summed E-state index contributed by atoms with van der Waals surface area (Å²) in [5.74, 6) is 0.594. The molecule has 0 amide bonds. The molecular weight excluding hydrogens is 404 g/mol. The third kappa shape index (κ3) is 4.10. The third-order valence-corrected chi connectivity index (χ3v) is 4.79. The molecule has 0 radical (unpaired) electrons. The maximum absolute atomic E-state index is 13.2. The van der Waals surface area contributed by atoms with E-state index in [0.717, 1.165) is 5.39 Å².